The Hall–Kier alpha value is -1.75. The first-order valence-electron chi connectivity index (χ1n) is 8.00. The first-order chi connectivity index (χ1) is 10.6. The molecule has 122 valence electrons. The van der Waals surface area contributed by atoms with Gasteiger partial charge in [-0.1, -0.05) is 12.1 Å². The molecule has 1 unspecified atom stereocenters. The van der Waals surface area contributed by atoms with Crippen LogP contribution >= 0.6 is 0 Å². The quantitative estimate of drug-likeness (QED) is 0.871. The number of urea groups is 1. The largest absolute Gasteiger partial charge is 0.396 e. The molecule has 5 heteroatoms. The molecule has 5 nitrogen and oxygen atoms in total. The number of hydrogen-bond donors (Lipinski definition) is 2. The van der Waals surface area contributed by atoms with Crippen LogP contribution in [0.1, 0.15) is 18.4 Å². The van der Waals surface area contributed by atoms with Crippen LogP contribution in [-0.2, 0) is 6.42 Å². The second-order valence-corrected chi connectivity index (χ2v) is 6.18. The van der Waals surface area contributed by atoms with Crippen LogP contribution in [0.4, 0.5) is 10.5 Å². The third-order valence-electron chi connectivity index (χ3n) is 4.21. The van der Waals surface area contributed by atoms with Gasteiger partial charge in [0.2, 0.25) is 0 Å². The molecule has 1 atom stereocenters. The summed E-state index contributed by atoms with van der Waals surface area (Å²) in [6.45, 7) is 2.27. The first-order valence-corrected chi connectivity index (χ1v) is 8.00. The summed E-state index contributed by atoms with van der Waals surface area (Å²) in [6.07, 6.45) is 2.82. The highest BCUT2D eigenvalue weighted by Crippen LogP contribution is 2.16. The fourth-order valence-electron chi connectivity index (χ4n) is 2.78. The summed E-state index contributed by atoms with van der Waals surface area (Å²) in [5, 5.41) is 12.2. The number of nitrogens with one attached hydrogen (secondary N) is 1. The van der Waals surface area contributed by atoms with Crippen molar-refractivity contribution in [3.05, 3.63) is 29.8 Å². The molecule has 0 aliphatic carbocycles. The van der Waals surface area contributed by atoms with Crippen LogP contribution in [0.3, 0.4) is 0 Å². The van der Waals surface area contributed by atoms with Gasteiger partial charge in [0.15, 0.2) is 0 Å². The van der Waals surface area contributed by atoms with E-state index in [9.17, 15) is 9.90 Å². The van der Waals surface area contributed by atoms with Crippen molar-refractivity contribution in [2.24, 2.45) is 5.92 Å². The van der Waals surface area contributed by atoms with E-state index in [-0.39, 0.29) is 18.6 Å². The van der Waals surface area contributed by atoms with Crippen molar-refractivity contribution >= 4 is 11.7 Å². The Morgan fingerprint density at radius 1 is 1.36 bits per heavy atom. The zero-order chi connectivity index (χ0) is 15.9. The Labute approximate surface area is 132 Å². The van der Waals surface area contributed by atoms with Crippen LogP contribution in [0.25, 0.3) is 0 Å². The maximum absolute atomic E-state index is 12.1. The number of nitrogens with zero attached hydrogens (tertiary/aromatic N) is 2. The van der Waals surface area contributed by atoms with Gasteiger partial charge < -0.3 is 20.2 Å². The van der Waals surface area contributed by atoms with Crippen molar-refractivity contribution < 1.29 is 9.90 Å². The van der Waals surface area contributed by atoms with Gasteiger partial charge in [-0.3, -0.25) is 0 Å². The minimum atomic E-state index is -0.0111. The summed E-state index contributed by atoms with van der Waals surface area (Å²) in [4.78, 5) is 16.0. The van der Waals surface area contributed by atoms with Crippen molar-refractivity contribution in [2.45, 2.75) is 19.3 Å². The Bertz CT molecular complexity index is 473. The number of benzene rings is 1. The van der Waals surface area contributed by atoms with Gasteiger partial charge in [-0.05, 0) is 42.9 Å². The number of aliphatic hydroxyl groups excluding tert-OH is 1. The fraction of sp³-hybridized carbons (Fsp3) is 0.588. The van der Waals surface area contributed by atoms with Gasteiger partial charge in [0.05, 0.1) is 0 Å². The number of aliphatic hydroxyl groups is 1. The topological polar surface area (TPSA) is 55.8 Å². The van der Waals surface area contributed by atoms with Crippen LogP contribution in [-0.4, -0.2) is 56.4 Å². The molecular weight excluding hydrogens is 278 g/mol. The van der Waals surface area contributed by atoms with Crippen LogP contribution in [0.15, 0.2) is 24.3 Å². The van der Waals surface area contributed by atoms with Crippen LogP contribution in [0.2, 0.25) is 0 Å². The van der Waals surface area contributed by atoms with Crippen molar-refractivity contribution in [1.82, 2.24) is 10.2 Å². The highest BCUT2D eigenvalue weighted by molar-refractivity contribution is 5.74. The average molecular weight is 305 g/mol. The summed E-state index contributed by atoms with van der Waals surface area (Å²) in [7, 11) is 4.04. The van der Waals surface area contributed by atoms with Gasteiger partial charge in [0.1, 0.15) is 0 Å². The maximum Gasteiger partial charge on any atom is 0.317 e. The third-order valence-corrected chi connectivity index (χ3v) is 4.21. The van der Waals surface area contributed by atoms with E-state index >= 15 is 0 Å². The fourth-order valence-corrected chi connectivity index (χ4v) is 2.78. The number of anilines is 1. The molecule has 1 aliphatic heterocycles. The lowest BCUT2D eigenvalue weighted by molar-refractivity contribution is 0.129. The molecule has 0 saturated carbocycles. The van der Waals surface area contributed by atoms with Gasteiger partial charge >= 0.3 is 6.03 Å². The van der Waals surface area contributed by atoms with E-state index in [2.05, 4.69) is 34.5 Å². The van der Waals surface area contributed by atoms with E-state index in [1.54, 1.807) is 0 Å². The van der Waals surface area contributed by atoms with E-state index in [1.165, 1.54) is 11.3 Å². The summed E-state index contributed by atoms with van der Waals surface area (Å²) in [5.41, 5.74) is 2.40. The number of hydrogen-bond acceptors (Lipinski definition) is 3. The zero-order valence-corrected chi connectivity index (χ0v) is 13.6. The van der Waals surface area contributed by atoms with E-state index < -0.39 is 0 Å². The molecule has 2 rings (SSSR count). The average Bonchev–Trinajstić information content (AvgIpc) is 2.55. The molecule has 1 aromatic carbocycles. The lowest BCUT2D eigenvalue weighted by atomic mass is 9.99. The van der Waals surface area contributed by atoms with Gasteiger partial charge in [-0.2, -0.15) is 0 Å². The minimum absolute atomic E-state index is 0.0111. The summed E-state index contributed by atoms with van der Waals surface area (Å²) < 4.78 is 0. The first kappa shape index (κ1) is 16.6. The molecule has 0 radical (unpaired) electrons. The van der Waals surface area contributed by atoms with E-state index in [1.807, 2.05) is 19.0 Å². The van der Waals surface area contributed by atoms with Crippen molar-refractivity contribution in [1.29, 1.82) is 0 Å². The number of rotatable bonds is 5. The van der Waals surface area contributed by atoms with Crippen LogP contribution < -0.4 is 10.2 Å². The lowest BCUT2D eigenvalue weighted by Crippen LogP contribution is -2.46. The van der Waals surface area contributed by atoms with Gasteiger partial charge in [-0.25, -0.2) is 4.79 Å². The Morgan fingerprint density at radius 3 is 2.73 bits per heavy atom. The summed E-state index contributed by atoms with van der Waals surface area (Å²) >= 11 is 0. The number of carbonyl (C=O) groups excluding carboxylic acids is 1. The zero-order valence-electron chi connectivity index (χ0n) is 13.6. The lowest BCUT2D eigenvalue weighted by Gasteiger charge is -2.31. The second-order valence-electron chi connectivity index (χ2n) is 6.18. The number of amides is 2. The maximum atomic E-state index is 12.1. The van der Waals surface area contributed by atoms with Crippen LogP contribution in [0, 0.1) is 5.92 Å². The molecule has 1 saturated heterocycles. The van der Waals surface area contributed by atoms with Crippen molar-refractivity contribution in [3.8, 4) is 0 Å². The van der Waals surface area contributed by atoms with E-state index in [0.29, 0.717) is 13.1 Å². The standard InChI is InChI=1S/C17H27N3O2/c1-19(2)16-7-5-14(6-8-16)9-10-18-17(22)20-11-3-4-15(12-20)13-21/h5-8,15,21H,3-4,9-13H2,1-2H3,(H,18,22). The number of carbonyl (C=O) groups is 1. The molecule has 2 N–H and O–H groups in total. The number of likely N-dealkylation sites (tertiary alicyclic amines) is 1. The predicted molar refractivity (Wildman–Crippen MR) is 89.3 cm³/mol. The Kier molecular flexibility index (Phi) is 6.07. The van der Waals surface area contributed by atoms with Crippen molar-refractivity contribution in [3.63, 3.8) is 0 Å². The molecule has 1 heterocycles. The Morgan fingerprint density at radius 2 is 2.09 bits per heavy atom. The monoisotopic (exact) mass is 305 g/mol. The van der Waals surface area contributed by atoms with Gasteiger partial charge in [0, 0.05) is 46.0 Å². The molecule has 1 fully saturated rings. The summed E-state index contributed by atoms with van der Waals surface area (Å²) in [5.74, 6) is 0.234. The molecule has 0 aromatic heterocycles. The summed E-state index contributed by atoms with van der Waals surface area (Å²) in [6, 6.07) is 8.37. The second kappa shape index (κ2) is 8.03. The minimum Gasteiger partial charge on any atom is -0.396 e. The van der Waals surface area contributed by atoms with Gasteiger partial charge in [0.25, 0.3) is 0 Å². The smallest absolute Gasteiger partial charge is 0.317 e. The number of piperidine rings is 1. The van der Waals surface area contributed by atoms with E-state index in [0.717, 1.165) is 25.8 Å². The highest BCUT2D eigenvalue weighted by atomic mass is 16.3. The van der Waals surface area contributed by atoms with Gasteiger partial charge in [-0.15, -0.1) is 0 Å². The molecule has 0 bridgehead atoms. The Balaban J connectivity index is 1.74. The normalized spacial score (nSPS) is 18.1. The molecule has 2 amide bonds. The van der Waals surface area contributed by atoms with Crippen molar-refractivity contribution in [2.75, 3.05) is 45.2 Å². The molecule has 1 aliphatic rings. The highest BCUT2D eigenvalue weighted by Gasteiger charge is 2.22. The molecular formula is C17H27N3O2. The van der Waals surface area contributed by atoms with Crippen LogP contribution in [0.5, 0.6) is 0 Å². The molecule has 0 spiro atoms. The predicted octanol–water partition coefficient (Wildman–Crippen LogP) is 1.71. The molecule has 22 heavy (non-hydrogen) atoms. The SMILES string of the molecule is CN(C)c1ccc(CCNC(=O)N2CCCC(CO)C2)cc1. The van der Waals surface area contributed by atoms with E-state index in [4.69, 9.17) is 0 Å². The third kappa shape index (κ3) is 4.63. The molecule has 1 aromatic rings.